The Morgan fingerprint density at radius 3 is 2.54 bits per heavy atom. The lowest BCUT2D eigenvalue weighted by molar-refractivity contribution is -0.275. The number of nitrogens with zero attached hydrogens (tertiary/aromatic N) is 4. The number of hydrogen-bond acceptors (Lipinski definition) is 6. The van der Waals surface area contributed by atoms with Gasteiger partial charge in [-0.3, -0.25) is 4.79 Å². The molecule has 1 atom stereocenters. The summed E-state index contributed by atoms with van der Waals surface area (Å²) in [6.07, 6.45) is -0.906. The van der Waals surface area contributed by atoms with E-state index < -0.39 is 35.0 Å². The number of amides is 1. The zero-order chi connectivity index (χ0) is 27.0. The largest absolute Gasteiger partial charge is 0.573 e. The highest BCUT2D eigenvalue weighted by Gasteiger charge is 2.50. The molecule has 0 saturated carbocycles. The maximum Gasteiger partial charge on any atom is 0.573 e. The molecule has 0 radical (unpaired) electrons. The summed E-state index contributed by atoms with van der Waals surface area (Å²) in [4.78, 5) is 17.7. The topological polar surface area (TPSA) is 113 Å². The Labute approximate surface area is 207 Å². The van der Waals surface area contributed by atoms with E-state index in [0.717, 1.165) is 12.1 Å². The minimum absolute atomic E-state index is 0.00107. The van der Waals surface area contributed by atoms with Crippen LogP contribution in [0.4, 0.5) is 17.6 Å². The predicted molar refractivity (Wildman–Crippen MR) is 122 cm³/mol. The number of nitriles is 1. The SMILES string of the molecule is CC(C)(O)[C@](NC(=O)c1cnn2cccnc12)(c1ccc(OC(F)(F)F)c(F)c1)c1ccccc1C#N. The van der Waals surface area contributed by atoms with Crippen LogP contribution in [0.3, 0.4) is 0 Å². The fourth-order valence-corrected chi connectivity index (χ4v) is 4.20. The Morgan fingerprint density at radius 2 is 1.89 bits per heavy atom. The molecule has 0 bridgehead atoms. The first-order valence-corrected chi connectivity index (χ1v) is 10.8. The number of nitrogens with one attached hydrogen (secondary N) is 1. The maximum atomic E-state index is 14.9. The number of carbonyl (C=O) groups excluding carboxylic acids is 1. The molecule has 2 heterocycles. The van der Waals surface area contributed by atoms with Gasteiger partial charge >= 0.3 is 6.36 Å². The minimum Gasteiger partial charge on any atom is -0.403 e. The number of fused-ring (bicyclic) bond motifs is 1. The summed E-state index contributed by atoms with van der Waals surface area (Å²) in [6.45, 7) is 2.63. The summed E-state index contributed by atoms with van der Waals surface area (Å²) in [5.74, 6) is -3.29. The van der Waals surface area contributed by atoms with Crippen molar-refractivity contribution in [3.8, 4) is 11.8 Å². The molecule has 0 fully saturated rings. The molecule has 0 saturated heterocycles. The molecule has 37 heavy (non-hydrogen) atoms. The number of aliphatic hydroxyl groups is 1. The van der Waals surface area contributed by atoms with Crippen LogP contribution in [0.25, 0.3) is 5.65 Å². The first-order chi connectivity index (χ1) is 17.4. The number of rotatable bonds is 6. The highest BCUT2D eigenvalue weighted by atomic mass is 19.4. The zero-order valence-corrected chi connectivity index (χ0v) is 19.4. The molecule has 0 spiro atoms. The zero-order valence-electron chi connectivity index (χ0n) is 19.4. The summed E-state index contributed by atoms with van der Waals surface area (Å²) < 4.78 is 58.2. The van der Waals surface area contributed by atoms with Crippen LogP contribution in [0.15, 0.2) is 67.1 Å². The summed E-state index contributed by atoms with van der Waals surface area (Å²) >= 11 is 0. The smallest absolute Gasteiger partial charge is 0.403 e. The predicted octanol–water partition coefficient (Wildman–Crippen LogP) is 4.08. The van der Waals surface area contributed by atoms with Crippen molar-refractivity contribution in [3.63, 3.8) is 0 Å². The van der Waals surface area contributed by atoms with E-state index in [4.69, 9.17) is 0 Å². The highest BCUT2D eigenvalue weighted by molar-refractivity contribution is 6.00. The van der Waals surface area contributed by atoms with Crippen molar-refractivity contribution in [2.45, 2.75) is 31.3 Å². The molecular weight excluding hydrogens is 494 g/mol. The van der Waals surface area contributed by atoms with Crippen molar-refractivity contribution >= 4 is 11.6 Å². The number of carbonyl (C=O) groups is 1. The van der Waals surface area contributed by atoms with E-state index in [1.807, 2.05) is 6.07 Å². The average Bonchev–Trinajstić information content (AvgIpc) is 3.26. The van der Waals surface area contributed by atoms with Crippen molar-refractivity contribution in [1.29, 1.82) is 5.26 Å². The Morgan fingerprint density at radius 1 is 1.16 bits per heavy atom. The molecule has 0 aliphatic heterocycles. The third-order valence-corrected chi connectivity index (χ3v) is 5.78. The molecule has 0 aliphatic rings. The van der Waals surface area contributed by atoms with Crippen LogP contribution in [0, 0.1) is 17.1 Å². The van der Waals surface area contributed by atoms with Crippen molar-refractivity contribution in [1.82, 2.24) is 19.9 Å². The van der Waals surface area contributed by atoms with Gasteiger partial charge in [-0.1, -0.05) is 24.3 Å². The van der Waals surface area contributed by atoms with Crippen LogP contribution < -0.4 is 10.1 Å². The summed E-state index contributed by atoms with van der Waals surface area (Å²) in [5.41, 5.74) is -3.83. The van der Waals surface area contributed by atoms with Crippen LogP contribution in [0.1, 0.15) is 40.9 Å². The number of benzene rings is 2. The lowest BCUT2D eigenvalue weighted by atomic mass is 9.70. The summed E-state index contributed by atoms with van der Waals surface area (Å²) in [7, 11) is 0. The van der Waals surface area contributed by atoms with E-state index in [1.54, 1.807) is 18.3 Å². The first kappa shape index (κ1) is 25.6. The molecular formula is C25H19F4N5O3. The van der Waals surface area contributed by atoms with Crippen LogP contribution in [-0.2, 0) is 5.54 Å². The van der Waals surface area contributed by atoms with Gasteiger partial charge in [0.2, 0.25) is 0 Å². The highest BCUT2D eigenvalue weighted by Crippen LogP contribution is 2.43. The summed E-state index contributed by atoms with van der Waals surface area (Å²) in [5, 5.41) is 28.0. The van der Waals surface area contributed by atoms with Gasteiger partial charge in [0, 0.05) is 18.0 Å². The average molecular weight is 513 g/mol. The third kappa shape index (κ3) is 4.68. The standard InChI is InChI=1S/C25H19F4N5O3/c1-23(2,36)24(18-7-4-3-6-15(18)13-30,16-8-9-20(19(26)12-16)37-25(27,28)29)33-22(35)17-14-32-34-11-5-10-31-21(17)34/h3-12,14,36H,1-2H3,(H,33,35)/t24-/m0/s1. The maximum absolute atomic E-state index is 14.9. The van der Waals surface area contributed by atoms with Crippen molar-refractivity contribution in [3.05, 3.63) is 95.2 Å². The van der Waals surface area contributed by atoms with Crippen LogP contribution >= 0.6 is 0 Å². The quantitative estimate of drug-likeness (QED) is 0.376. The number of ether oxygens (including phenoxy) is 1. The first-order valence-electron chi connectivity index (χ1n) is 10.8. The molecule has 0 aliphatic carbocycles. The molecule has 4 rings (SSSR count). The van der Waals surface area contributed by atoms with Gasteiger partial charge in [0.1, 0.15) is 11.1 Å². The van der Waals surface area contributed by atoms with Gasteiger partial charge in [0.15, 0.2) is 17.2 Å². The Kier molecular flexibility index (Phi) is 6.35. The molecule has 0 unspecified atom stereocenters. The van der Waals surface area contributed by atoms with E-state index >= 15 is 0 Å². The molecule has 190 valence electrons. The molecule has 12 heteroatoms. The molecule has 1 amide bonds. The third-order valence-electron chi connectivity index (χ3n) is 5.78. The second-order valence-electron chi connectivity index (χ2n) is 8.56. The molecule has 8 nitrogen and oxygen atoms in total. The van der Waals surface area contributed by atoms with Gasteiger partial charge in [-0.2, -0.15) is 10.4 Å². The van der Waals surface area contributed by atoms with E-state index in [9.17, 15) is 32.7 Å². The fourth-order valence-electron chi connectivity index (χ4n) is 4.20. The Balaban J connectivity index is 1.96. The lowest BCUT2D eigenvalue weighted by Gasteiger charge is -2.45. The molecule has 4 aromatic rings. The van der Waals surface area contributed by atoms with Crippen LogP contribution in [0.2, 0.25) is 0 Å². The summed E-state index contributed by atoms with van der Waals surface area (Å²) in [6, 6.07) is 12.1. The van der Waals surface area contributed by atoms with Gasteiger partial charge in [0.05, 0.1) is 23.4 Å². The van der Waals surface area contributed by atoms with Crippen molar-refractivity contribution < 1.29 is 32.2 Å². The van der Waals surface area contributed by atoms with E-state index in [-0.39, 0.29) is 27.9 Å². The molecule has 2 aromatic carbocycles. The number of aromatic nitrogens is 3. The second kappa shape index (κ2) is 9.18. The van der Waals surface area contributed by atoms with Gasteiger partial charge < -0.3 is 15.2 Å². The molecule has 2 N–H and O–H groups in total. The lowest BCUT2D eigenvalue weighted by Crippen LogP contribution is -2.60. The Bertz CT molecular complexity index is 1520. The Hall–Kier alpha value is -4.50. The van der Waals surface area contributed by atoms with Crippen molar-refractivity contribution in [2.24, 2.45) is 0 Å². The van der Waals surface area contributed by atoms with Gasteiger partial charge in [0.25, 0.3) is 5.91 Å². The van der Waals surface area contributed by atoms with E-state index in [2.05, 4.69) is 20.1 Å². The van der Waals surface area contributed by atoms with Gasteiger partial charge in [-0.05, 0) is 43.7 Å². The van der Waals surface area contributed by atoms with Gasteiger partial charge in [-0.25, -0.2) is 13.9 Å². The van der Waals surface area contributed by atoms with E-state index in [0.29, 0.717) is 6.07 Å². The van der Waals surface area contributed by atoms with Crippen LogP contribution in [-0.4, -0.2) is 37.6 Å². The fraction of sp³-hybridized carbons (Fsp3) is 0.200. The van der Waals surface area contributed by atoms with Gasteiger partial charge in [-0.15, -0.1) is 13.2 Å². The number of alkyl halides is 3. The normalized spacial score (nSPS) is 13.6. The second-order valence-corrected chi connectivity index (χ2v) is 8.56. The molecule has 2 aromatic heterocycles. The van der Waals surface area contributed by atoms with Crippen molar-refractivity contribution in [2.75, 3.05) is 0 Å². The number of hydrogen-bond donors (Lipinski definition) is 2. The monoisotopic (exact) mass is 513 g/mol. The van der Waals surface area contributed by atoms with E-state index in [1.165, 1.54) is 49.0 Å². The minimum atomic E-state index is -5.15. The van der Waals surface area contributed by atoms with Crippen LogP contribution in [0.5, 0.6) is 5.75 Å². The number of halogens is 4.